The zero-order chi connectivity index (χ0) is 27.5. The number of likely N-dealkylation sites (tertiary alicyclic amines) is 2. The highest BCUT2D eigenvalue weighted by Gasteiger charge is 2.37. The predicted molar refractivity (Wildman–Crippen MR) is 160 cm³/mol. The van der Waals surface area contributed by atoms with Gasteiger partial charge in [0.1, 0.15) is 5.52 Å². The topological polar surface area (TPSA) is 105 Å². The first-order valence-corrected chi connectivity index (χ1v) is 16.5. The smallest absolute Gasteiger partial charge is 0.328 e. The minimum atomic E-state index is -0.104. The van der Waals surface area contributed by atoms with Gasteiger partial charge in [-0.25, -0.2) is 4.79 Å². The summed E-state index contributed by atoms with van der Waals surface area (Å²) in [5, 5.41) is 0. The minimum absolute atomic E-state index is 0.0942. The number of hydrogen-bond acceptors (Lipinski definition) is 7. The lowest BCUT2D eigenvalue weighted by molar-refractivity contribution is 0.0719. The molecule has 4 aliphatic rings. The Hall–Kier alpha value is -2.13. The summed E-state index contributed by atoms with van der Waals surface area (Å²) in [6, 6.07) is 1.86. The van der Waals surface area contributed by atoms with Crippen LogP contribution < -0.4 is 16.2 Å². The van der Waals surface area contributed by atoms with Crippen LogP contribution >= 0.6 is 0 Å². The lowest BCUT2D eigenvalue weighted by atomic mass is 9.81. The molecule has 222 valence electrons. The Labute approximate surface area is 239 Å². The van der Waals surface area contributed by atoms with Gasteiger partial charge in [-0.15, -0.1) is 0 Å². The molecule has 2 aliphatic heterocycles. The van der Waals surface area contributed by atoms with E-state index >= 15 is 0 Å². The Balaban J connectivity index is 1.32. The zero-order valence-corrected chi connectivity index (χ0v) is 24.7. The molecule has 3 N–H and O–H groups in total. The average Bonchev–Trinajstić information content (AvgIpc) is 3.75. The second-order valence-corrected chi connectivity index (χ2v) is 13.2. The van der Waals surface area contributed by atoms with E-state index in [-0.39, 0.29) is 17.7 Å². The molecule has 3 atom stereocenters. The molecule has 2 saturated carbocycles. The molecule has 9 heteroatoms. The summed E-state index contributed by atoms with van der Waals surface area (Å²) < 4.78 is 7.85. The first kappa shape index (κ1) is 28.0. The van der Waals surface area contributed by atoms with Gasteiger partial charge in [-0.05, 0) is 89.1 Å². The molecule has 0 bridgehead atoms. The van der Waals surface area contributed by atoms with E-state index in [1.54, 1.807) is 0 Å². The van der Waals surface area contributed by atoms with Gasteiger partial charge in [-0.2, -0.15) is 9.97 Å². The standard InChI is InChI=1S/C31H51N7O2/c1-2-3-18-40-30-34-28(32)27-29(35-30)38(31(39)33-27)26(23-11-9-17-37(21-23)25-14-6-7-15-25)19-22-10-8-16-36(20-22)24-12-4-5-13-24/h22-26H,2-21H2,1H3,(H,33,39)(H2,32,34,35). The van der Waals surface area contributed by atoms with Crippen LogP contribution in [0.4, 0.5) is 5.82 Å². The van der Waals surface area contributed by atoms with Crippen molar-refractivity contribution in [3.05, 3.63) is 10.5 Å². The van der Waals surface area contributed by atoms with Crippen LogP contribution in [-0.4, -0.2) is 74.2 Å². The van der Waals surface area contributed by atoms with E-state index < -0.39 is 0 Å². The largest absolute Gasteiger partial charge is 0.463 e. The lowest BCUT2D eigenvalue weighted by Gasteiger charge is -2.43. The van der Waals surface area contributed by atoms with E-state index in [4.69, 9.17) is 15.5 Å². The SMILES string of the molecule is CCCCOc1nc(N)c2[nH]c(=O)n(C(CC3CCCN(C4CCCC4)C3)C3CCCN(C4CCCC4)C3)c2n1. The van der Waals surface area contributed by atoms with Gasteiger partial charge in [0.05, 0.1) is 6.61 Å². The van der Waals surface area contributed by atoms with Gasteiger partial charge in [0.2, 0.25) is 0 Å². The number of anilines is 1. The lowest BCUT2D eigenvalue weighted by Crippen LogP contribution is -2.46. The number of imidazole rings is 1. The van der Waals surface area contributed by atoms with Crippen molar-refractivity contribution in [3.8, 4) is 6.01 Å². The summed E-state index contributed by atoms with van der Waals surface area (Å²) in [4.78, 5) is 31.5. The van der Waals surface area contributed by atoms with Gasteiger partial charge >= 0.3 is 11.7 Å². The van der Waals surface area contributed by atoms with Crippen molar-refractivity contribution in [2.24, 2.45) is 11.8 Å². The molecule has 2 aliphatic carbocycles. The maximum absolute atomic E-state index is 13.7. The number of aromatic nitrogens is 4. The van der Waals surface area contributed by atoms with Crippen molar-refractivity contribution < 1.29 is 4.74 Å². The average molecular weight is 554 g/mol. The fourth-order valence-corrected chi connectivity index (χ4v) is 8.38. The number of aromatic amines is 1. The number of unbranched alkanes of at least 4 members (excludes halogenated alkanes) is 1. The maximum Gasteiger partial charge on any atom is 0.328 e. The van der Waals surface area contributed by atoms with Gasteiger partial charge in [0, 0.05) is 31.2 Å². The van der Waals surface area contributed by atoms with E-state index in [2.05, 4.69) is 26.7 Å². The van der Waals surface area contributed by atoms with E-state index in [9.17, 15) is 4.79 Å². The van der Waals surface area contributed by atoms with Crippen LogP contribution in [0.1, 0.15) is 109 Å². The summed E-state index contributed by atoms with van der Waals surface area (Å²) in [6.45, 7) is 7.36. The van der Waals surface area contributed by atoms with Gasteiger partial charge in [-0.1, -0.05) is 39.0 Å². The number of nitrogens with zero attached hydrogens (tertiary/aromatic N) is 5. The van der Waals surface area contributed by atoms with Crippen LogP contribution in [0.2, 0.25) is 0 Å². The Bertz CT molecular complexity index is 1170. The summed E-state index contributed by atoms with van der Waals surface area (Å²) in [5.41, 5.74) is 7.44. The number of rotatable bonds is 10. The number of H-pyrrole nitrogens is 1. The molecule has 4 heterocycles. The molecular weight excluding hydrogens is 502 g/mol. The van der Waals surface area contributed by atoms with Gasteiger partial charge < -0.3 is 25.3 Å². The molecule has 0 amide bonds. The first-order valence-electron chi connectivity index (χ1n) is 16.5. The Morgan fingerprint density at radius 3 is 2.30 bits per heavy atom. The van der Waals surface area contributed by atoms with Gasteiger partial charge in [0.15, 0.2) is 11.5 Å². The van der Waals surface area contributed by atoms with Crippen LogP contribution in [0.5, 0.6) is 6.01 Å². The van der Waals surface area contributed by atoms with Crippen LogP contribution in [0.15, 0.2) is 4.79 Å². The minimum Gasteiger partial charge on any atom is -0.463 e. The van der Waals surface area contributed by atoms with Crippen molar-refractivity contribution >= 4 is 17.0 Å². The second kappa shape index (κ2) is 12.8. The highest BCUT2D eigenvalue weighted by atomic mass is 16.5. The van der Waals surface area contributed by atoms with Crippen molar-refractivity contribution in [2.75, 3.05) is 38.5 Å². The molecule has 9 nitrogen and oxygen atoms in total. The molecule has 2 aromatic rings. The van der Waals surface area contributed by atoms with Crippen molar-refractivity contribution in [1.82, 2.24) is 29.3 Å². The highest BCUT2D eigenvalue weighted by Crippen LogP contribution is 2.39. The summed E-state index contributed by atoms with van der Waals surface area (Å²) in [6.07, 6.45) is 18.7. The van der Waals surface area contributed by atoms with Crippen LogP contribution in [0, 0.1) is 11.8 Å². The molecule has 0 radical (unpaired) electrons. The molecule has 40 heavy (non-hydrogen) atoms. The number of hydrogen-bond donors (Lipinski definition) is 2. The monoisotopic (exact) mass is 553 g/mol. The second-order valence-electron chi connectivity index (χ2n) is 13.2. The third-order valence-corrected chi connectivity index (χ3v) is 10.5. The van der Waals surface area contributed by atoms with Gasteiger partial charge in [0.25, 0.3) is 0 Å². The van der Waals surface area contributed by atoms with Crippen molar-refractivity contribution in [2.45, 2.75) is 121 Å². The molecule has 2 aromatic heterocycles. The highest BCUT2D eigenvalue weighted by molar-refractivity contribution is 5.82. The molecule has 0 spiro atoms. The van der Waals surface area contributed by atoms with Crippen LogP contribution in [0.3, 0.4) is 0 Å². The normalized spacial score (nSPS) is 26.6. The first-order chi connectivity index (χ1) is 19.6. The third kappa shape index (κ3) is 6.06. The van der Waals surface area contributed by atoms with Crippen LogP contribution in [0.25, 0.3) is 11.2 Å². The number of nitrogen functional groups attached to an aromatic ring is 1. The molecule has 4 fully saturated rings. The summed E-state index contributed by atoms with van der Waals surface area (Å²) in [5.74, 6) is 1.32. The number of fused-ring (bicyclic) bond motifs is 1. The van der Waals surface area contributed by atoms with Crippen molar-refractivity contribution in [1.29, 1.82) is 0 Å². The number of ether oxygens (including phenoxy) is 1. The third-order valence-electron chi connectivity index (χ3n) is 10.5. The maximum atomic E-state index is 13.7. The quantitative estimate of drug-likeness (QED) is 0.393. The van der Waals surface area contributed by atoms with E-state index in [0.29, 0.717) is 41.5 Å². The van der Waals surface area contributed by atoms with Gasteiger partial charge in [-0.3, -0.25) is 4.57 Å². The van der Waals surface area contributed by atoms with E-state index in [0.717, 1.165) is 38.3 Å². The summed E-state index contributed by atoms with van der Waals surface area (Å²) >= 11 is 0. The number of piperidine rings is 2. The molecule has 6 rings (SSSR count). The zero-order valence-electron chi connectivity index (χ0n) is 24.7. The molecule has 3 unspecified atom stereocenters. The number of nitrogens with one attached hydrogen (secondary N) is 1. The predicted octanol–water partition coefficient (Wildman–Crippen LogP) is 5.12. The Morgan fingerprint density at radius 2 is 1.60 bits per heavy atom. The van der Waals surface area contributed by atoms with Crippen LogP contribution in [-0.2, 0) is 0 Å². The fourth-order valence-electron chi connectivity index (χ4n) is 8.38. The van der Waals surface area contributed by atoms with E-state index in [1.807, 2.05) is 4.57 Å². The fraction of sp³-hybridized carbons (Fsp3) is 0.839. The van der Waals surface area contributed by atoms with E-state index in [1.165, 1.54) is 90.3 Å². The van der Waals surface area contributed by atoms with Crippen molar-refractivity contribution in [3.63, 3.8) is 0 Å². The summed E-state index contributed by atoms with van der Waals surface area (Å²) in [7, 11) is 0. The Kier molecular flexibility index (Phi) is 8.97. The molecular formula is C31H51N7O2. The molecule has 2 saturated heterocycles. The number of nitrogens with two attached hydrogens (primary N) is 1. The molecule has 0 aromatic carbocycles. The Morgan fingerprint density at radius 1 is 0.925 bits per heavy atom.